The van der Waals surface area contributed by atoms with Gasteiger partial charge in [0.2, 0.25) is 5.91 Å². The molecule has 0 unspecified atom stereocenters. The number of hydrogen-bond donors (Lipinski definition) is 1. The zero-order chi connectivity index (χ0) is 18.8. The van der Waals surface area contributed by atoms with Crippen molar-refractivity contribution in [1.29, 1.82) is 0 Å². The smallest absolute Gasteiger partial charge is 0.308 e. The van der Waals surface area contributed by atoms with Crippen molar-refractivity contribution in [3.63, 3.8) is 0 Å². The van der Waals surface area contributed by atoms with Crippen LogP contribution >= 0.6 is 0 Å². The Bertz CT molecular complexity index is 527. The number of esters is 1. The van der Waals surface area contributed by atoms with E-state index in [-0.39, 0.29) is 25.0 Å². The number of rotatable bonds is 10. The lowest BCUT2D eigenvalue weighted by Gasteiger charge is -2.33. The van der Waals surface area contributed by atoms with Crippen LogP contribution in [0, 0.1) is 5.92 Å². The molecule has 1 rings (SSSR count). The Hall–Kier alpha value is -1.88. The van der Waals surface area contributed by atoms with Gasteiger partial charge < -0.3 is 15.4 Å². The number of carbonyl (C=O) groups is 2. The van der Waals surface area contributed by atoms with Crippen molar-refractivity contribution in [2.75, 3.05) is 6.54 Å². The van der Waals surface area contributed by atoms with E-state index in [0.717, 1.165) is 18.4 Å². The Balaban J connectivity index is 2.60. The molecule has 0 saturated heterocycles. The van der Waals surface area contributed by atoms with E-state index in [1.54, 1.807) is 0 Å². The van der Waals surface area contributed by atoms with Gasteiger partial charge in [0.25, 0.3) is 0 Å². The highest BCUT2D eigenvalue weighted by molar-refractivity contribution is 5.86. The summed E-state index contributed by atoms with van der Waals surface area (Å²) in [4.78, 5) is 26.6. The summed E-state index contributed by atoms with van der Waals surface area (Å²) >= 11 is 0. The van der Waals surface area contributed by atoms with Gasteiger partial charge in [-0.3, -0.25) is 9.59 Å². The standard InChI is InChI=1S/C20H32N2O3/c1-5-17(6-2)22(13-15(3)4)20(24)18(21)12-19(23)25-14-16-10-8-7-9-11-16/h7-11,15,17-18H,5-6,12-14,21H2,1-4H3/t18-/m0/s1. The maximum absolute atomic E-state index is 12.7. The van der Waals surface area contributed by atoms with Gasteiger partial charge in [-0.1, -0.05) is 58.0 Å². The summed E-state index contributed by atoms with van der Waals surface area (Å²) in [7, 11) is 0. The first-order valence-electron chi connectivity index (χ1n) is 9.14. The van der Waals surface area contributed by atoms with Crippen LogP contribution in [0.5, 0.6) is 0 Å². The fourth-order valence-corrected chi connectivity index (χ4v) is 2.82. The molecule has 0 aliphatic heterocycles. The van der Waals surface area contributed by atoms with Crippen molar-refractivity contribution in [3.8, 4) is 0 Å². The molecular weight excluding hydrogens is 316 g/mol. The lowest BCUT2D eigenvalue weighted by molar-refractivity contribution is -0.148. The van der Waals surface area contributed by atoms with E-state index < -0.39 is 12.0 Å². The average molecular weight is 348 g/mol. The largest absolute Gasteiger partial charge is 0.461 e. The number of nitrogens with zero attached hydrogens (tertiary/aromatic N) is 1. The predicted molar refractivity (Wildman–Crippen MR) is 99.8 cm³/mol. The zero-order valence-corrected chi connectivity index (χ0v) is 15.9. The van der Waals surface area contributed by atoms with Gasteiger partial charge in [-0.25, -0.2) is 0 Å². The summed E-state index contributed by atoms with van der Waals surface area (Å²) in [6.07, 6.45) is 1.65. The van der Waals surface area contributed by atoms with Crippen molar-refractivity contribution >= 4 is 11.9 Å². The molecule has 0 aromatic heterocycles. The molecule has 0 aliphatic rings. The second-order valence-corrected chi connectivity index (χ2v) is 6.81. The Labute approximate surface area is 151 Å². The second kappa shape index (κ2) is 10.9. The molecule has 0 radical (unpaired) electrons. The van der Waals surface area contributed by atoms with E-state index >= 15 is 0 Å². The van der Waals surface area contributed by atoms with Crippen molar-refractivity contribution in [2.45, 2.75) is 65.6 Å². The van der Waals surface area contributed by atoms with Gasteiger partial charge in [0.15, 0.2) is 0 Å². The Kier molecular flexibility index (Phi) is 9.21. The topological polar surface area (TPSA) is 72.6 Å². The normalized spacial score (nSPS) is 12.3. The molecule has 0 heterocycles. The SMILES string of the molecule is CCC(CC)N(CC(C)C)C(=O)[C@@H](N)CC(=O)OCc1ccccc1. The van der Waals surface area contributed by atoms with Gasteiger partial charge in [-0.15, -0.1) is 0 Å². The minimum Gasteiger partial charge on any atom is -0.461 e. The molecule has 1 atom stereocenters. The quantitative estimate of drug-likeness (QED) is 0.659. The highest BCUT2D eigenvalue weighted by Gasteiger charge is 2.28. The third-order valence-electron chi connectivity index (χ3n) is 4.17. The summed E-state index contributed by atoms with van der Waals surface area (Å²) in [5.41, 5.74) is 6.93. The minimum absolute atomic E-state index is 0.0968. The first kappa shape index (κ1) is 21.2. The van der Waals surface area contributed by atoms with E-state index in [2.05, 4.69) is 27.7 Å². The monoisotopic (exact) mass is 348 g/mol. The molecule has 2 N–H and O–H groups in total. The van der Waals surface area contributed by atoms with Crippen molar-refractivity contribution < 1.29 is 14.3 Å². The third-order valence-corrected chi connectivity index (χ3v) is 4.17. The maximum Gasteiger partial charge on any atom is 0.308 e. The summed E-state index contributed by atoms with van der Waals surface area (Å²) < 4.78 is 5.23. The van der Waals surface area contributed by atoms with Crippen LogP contribution in [-0.4, -0.2) is 35.4 Å². The molecule has 0 saturated carbocycles. The number of hydrogen-bond acceptors (Lipinski definition) is 4. The highest BCUT2D eigenvalue weighted by Crippen LogP contribution is 2.14. The summed E-state index contributed by atoms with van der Waals surface area (Å²) in [5.74, 6) is -0.264. The van der Waals surface area contributed by atoms with E-state index in [9.17, 15) is 9.59 Å². The molecule has 0 aliphatic carbocycles. The Morgan fingerprint density at radius 3 is 2.24 bits per heavy atom. The van der Waals surface area contributed by atoms with Crippen LogP contribution < -0.4 is 5.73 Å². The van der Waals surface area contributed by atoms with Gasteiger partial charge in [-0.2, -0.15) is 0 Å². The molecule has 1 aromatic rings. The van der Waals surface area contributed by atoms with Crippen LogP contribution in [0.25, 0.3) is 0 Å². The minimum atomic E-state index is -0.859. The number of amides is 1. The molecule has 0 fully saturated rings. The van der Waals surface area contributed by atoms with Crippen LogP contribution in [0.15, 0.2) is 30.3 Å². The molecule has 5 heteroatoms. The molecule has 0 spiro atoms. The molecule has 140 valence electrons. The van der Waals surface area contributed by atoms with Gasteiger partial charge in [0.05, 0.1) is 12.5 Å². The lowest BCUT2D eigenvalue weighted by Crippen LogP contribution is -2.50. The molecule has 25 heavy (non-hydrogen) atoms. The molecule has 0 bridgehead atoms. The highest BCUT2D eigenvalue weighted by atomic mass is 16.5. The predicted octanol–water partition coefficient (Wildman–Crippen LogP) is 3.12. The van der Waals surface area contributed by atoms with Crippen LogP contribution in [0.4, 0.5) is 0 Å². The summed E-state index contributed by atoms with van der Waals surface area (Å²) in [6, 6.07) is 8.74. The fraction of sp³-hybridized carbons (Fsp3) is 0.600. The molecule has 1 aromatic carbocycles. The van der Waals surface area contributed by atoms with Crippen molar-refractivity contribution in [3.05, 3.63) is 35.9 Å². The van der Waals surface area contributed by atoms with Crippen molar-refractivity contribution in [1.82, 2.24) is 4.90 Å². The van der Waals surface area contributed by atoms with Gasteiger partial charge in [-0.05, 0) is 24.3 Å². The van der Waals surface area contributed by atoms with Gasteiger partial charge >= 0.3 is 5.97 Å². The first-order valence-corrected chi connectivity index (χ1v) is 9.14. The summed E-state index contributed by atoms with van der Waals surface area (Å²) in [5, 5.41) is 0. The van der Waals surface area contributed by atoms with Crippen molar-refractivity contribution in [2.24, 2.45) is 11.7 Å². The second-order valence-electron chi connectivity index (χ2n) is 6.81. The zero-order valence-electron chi connectivity index (χ0n) is 15.9. The molecule has 1 amide bonds. The van der Waals surface area contributed by atoms with E-state index in [4.69, 9.17) is 10.5 Å². The van der Waals surface area contributed by atoms with Crippen LogP contribution in [0.1, 0.15) is 52.5 Å². The number of nitrogens with two attached hydrogens (primary N) is 1. The number of ether oxygens (including phenoxy) is 1. The van der Waals surface area contributed by atoms with Gasteiger partial charge in [0.1, 0.15) is 6.61 Å². The number of benzene rings is 1. The van der Waals surface area contributed by atoms with E-state index in [1.165, 1.54) is 0 Å². The van der Waals surface area contributed by atoms with Crippen LogP contribution in [0.2, 0.25) is 0 Å². The van der Waals surface area contributed by atoms with E-state index in [0.29, 0.717) is 12.5 Å². The fourth-order valence-electron chi connectivity index (χ4n) is 2.82. The third kappa shape index (κ3) is 7.26. The molecule has 5 nitrogen and oxygen atoms in total. The summed E-state index contributed by atoms with van der Waals surface area (Å²) in [6.45, 7) is 9.12. The number of carbonyl (C=O) groups excluding carboxylic acids is 2. The van der Waals surface area contributed by atoms with E-state index in [1.807, 2.05) is 35.2 Å². The first-order chi connectivity index (χ1) is 11.9. The lowest BCUT2D eigenvalue weighted by atomic mass is 10.0. The Morgan fingerprint density at radius 1 is 1.12 bits per heavy atom. The molecular formula is C20H32N2O3. The average Bonchev–Trinajstić information content (AvgIpc) is 2.60. The van der Waals surface area contributed by atoms with Crippen LogP contribution in [-0.2, 0) is 20.9 Å². The van der Waals surface area contributed by atoms with Gasteiger partial charge in [0, 0.05) is 12.6 Å². The Morgan fingerprint density at radius 2 is 1.72 bits per heavy atom. The maximum atomic E-state index is 12.7. The van der Waals surface area contributed by atoms with Crippen LogP contribution in [0.3, 0.4) is 0 Å².